The molecule has 0 aliphatic carbocycles. The second-order valence-electron chi connectivity index (χ2n) is 8.65. The molecule has 1 fully saturated rings. The second-order valence-corrected chi connectivity index (χ2v) is 11.6. The molecular formula is C22H27N9O2S2. The SMILES string of the molecule is Cc1nc(N)nc(-c2cc(CN3CCN(S(C)(=O)=O)CC3)cnc2N2CSc3cc(N)ccc32)n1. The minimum atomic E-state index is -3.17. The lowest BCUT2D eigenvalue weighted by Gasteiger charge is -2.33. The zero-order valence-electron chi connectivity index (χ0n) is 19.5. The van der Waals surface area contributed by atoms with Gasteiger partial charge in [-0.25, -0.2) is 18.4 Å². The first-order valence-electron chi connectivity index (χ1n) is 11.1. The molecule has 0 atom stereocenters. The second kappa shape index (κ2) is 9.22. The Bertz CT molecular complexity index is 1360. The zero-order chi connectivity index (χ0) is 24.7. The number of nitrogen functional groups attached to an aromatic ring is 2. The van der Waals surface area contributed by atoms with E-state index in [-0.39, 0.29) is 5.95 Å². The molecule has 5 rings (SSSR count). The highest BCUT2D eigenvalue weighted by atomic mass is 32.2. The van der Waals surface area contributed by atoms with Gasteiger partial charge in [-0.3, -0.25) is 4.90 Å². The molecule has 0 radical (unpaired) electrons. The van der Waals surface area contributed by atoms with Crippen molar-refractivity contribution in [2.75, 3.05) is 54.7 Å². The highest BCUT2D eigenvalue weighted by Gasteiger charge is 2.27. The average molecular weight is 514 g/mol. The third-order valence-corrected chi connectivity index (χ3v) is 8.34. The first-order chi connectivity index (χ1) is 16.7. The quantitative estimate of drug-likeness (QED) is 0.480. The summed E-state index contributed by atoms with van der Waals surface area (Å²) in [5, 5.41) is 0. The molecule has 1 aromatic carbocycles. The summed E-state index contributed by atoms with van der Waals surface area (Å²) in [4.78, 5) is 23.4. The van der Waals surface area contributed by atoms with Crippen LogP contribution < -0.4 is 16.4 Å². The molecule has 4 heterocycles. The van der Waals surface area contributed by atoms with Gasteiger partial charge in [0.05, 0.1) is 23.4 Å². The van der Waals surface area contributed by atoms with Gasteiger partial charge in [-0.1, -0.05) is 0 Å². The van der Waals surface area contributed by atoms with Crippen molar-refractivity contribution < 1.29 is 8.42 Å². The number of benzene rings is 1. The van der Waals surface area contributed by atoms with Crippen molar-refractivity contribution in [2.45, 2.75) is 18.4 Å². The van der Waals surface area contributed by atoms with E-state index >= 15 is 0 Å². The molecule has 11 nitrogen and oxygen atoms in total. The number of hydrogen-bond acceptors (Lipinski definition) is 11. The molecule has 4 N–H and O–H groups in total. The normalized spacial score (nSPS) is 17.0. The number of sulfonamides is 1. The molecule has 2 aliphatic rings. The van der Waals surface area contributed by atoms with Crippen molar-refractivity contribution in [1.29, 1.82) is 0 Å². The summed E-state index contributed by atoms with van der Waals surface area (Å²) in [6.45, 7) is 4.68. The topological polar surface area (TPSA) is 147 Å². The number of aryl methyl sites for hydroxylation is 1. The van der Waals surface area contributed by atoms with Gasteiger partial charge in [0.1, 0.15) is 11.6 Å². The number of nitrogens with two attached hydrogens (primary N) is 2. The molecule has 0 bridgehead atoms. The summed E-state index contributed by atoms with van der Waals surface area (Å²) in [7, 11) is -3.17. The van der Waals surface area contributed by atoms with Gasteiger partial charge in [0, 0.05) is 49.5 Å². The predicted octanol–water partition coefficient (Wildman–Crippen LogP) is 1.68. The maximum atomic E-state index is 11.8. The lowest BCUT2D eigenvalue weighted by Crippen LogP contribution is -2.47. The first-order valence-corrected chi connectivity index (χ1v) is 14.0. The fourth-order valence-corrected chi connectivity index (χ4v) is 6.22. The minimum absolute atomic E-state index is 0.157. The van der Waals surface area contributed by atoms with Gasteiger partial charge in [-0.15, -0.1) is 11.8 Å². The summed E-state index contributed by atoms with van der Waals surface area (Å²) in [5.74, 6) is 2.58. The largest absolute Gasteiger partial charge is 0.399 e. The molecule has 1 saturated heterocycles. The molecule has 3 aromatic rings. The zero-order valence-corrected chi connectivity index (χ0v) is 21.2. The Balaban J connectivity index is 1.48. The Hall–Kier alpha value is -3.00. The number of hydrogen-bond donors (Lipinski definition) is 2. The number of anilines is 4. The number of piperazine rings is 1. The summed E-state index contributed by atoms with van der Waals surface area (Å²) in [5.41, 5.74) is 15.4. The number of fused-ring (bicyclic) bond motifs is 1. The van der Waals surface area contributed by atoms with Crippen LogP contribution in [0.3, 0.4) is 0 Å². The monoisotopic (exact) mass is 513 g/mol. The fraction of sp³-hybridized carbons (Fsp3) is 0.364. The van der Waals surface area contributed by atoms with Crippen LogP contribution in [0.25, 0.3) is 11.4 Å². The number of aromatic nitrogens is 4. The number of nitrogens with zero attached hydrogens (tertiary/aromatic N) is 7. The fourth-order valence-electron chi connectivity index (χ4n) is 4.32. The van der Waals surface area contributed by atoms with Crippen LogP contribution >= 0.6 is 11.8 Å². The van der Waals surface area contributed by atoms with Crippen LogP contribution in [0.2, 0.25) is 0 Å². The van der Waals surface area contributed by atoms with Gasteiger partial charge >= 0.3 is 0 Å². The van der Waals surface area contributed by atoms with Crippen molar-refractivity contribution in [1.82, 2.24) is 29.1 Å². The van der Waals surface area contributed by atoms with Gasteiger partial charge in [-0.2, -0.15) is 14.3 Å². The van der Waals surface area contributed by atoms with E-state index in [2.05, 4.69) is 24.8 Å². The highest BCUT2D eigenvalue weighted by Crippen LogP contribution is 2.45. The van der Waals surface area contributed by atoms with E-state index in [1.807, 2.05) is 30.5 Å². The van der Waals surface area contributed by atoms with Crippen molar-refractivity contribution in [3.63, 3.8) is 0 Å². The van der Waals surface area contributed by atoms with Crippen LogP contribution in [-0.4, -0.2) is 75.9 Å². The van der Waals surface area contributed by atoms with Gasteiger partial charge in [-0.05, 0) is 36.8 Å². The van der Waals surface area contributed by atoms with Crippen LogP contribution in [0.15, 0.2) is 35.4 Å². The number of pyridine rings is 1. The minimum Gasteiger partial charge on any atom is -0.399 e. The Morgan fingerprint density at radius 1 is 1.06 bits per heavy atom. The first kappa shape index (κ1) is 23.7. The van der Waals surface area contributed by atoms with E-state index in [9.17, 15) is 8.42 Å². The Morgan fingerprint density at radius 3 is 2.54 bits per heavy atom. The van der Waals surface area contributed by atoms with E-state index < -0.39 is 10.0 Å². The maximum absolute atomic E-state index is 11.8. The van der Waals surface area contributed by atoms with Crippen LogP contribution in [0.4, 0.5) is 23.1 Å². The van der Waals surface area contributed by atoms with E-state index in [1.165, 1.54) is 10.6 Å². The molecular weight excluding hydrogens is 486 g/mol. The van der Waals surface area contributed by atoms with E-state index in [1.54, 1.807) is 18.7 Å². The van der Waals surface area contributed by atoms with E-state index in [0.29, 0.717) is 50.2 Å². The summed E-state index contributed by atoms with van der Waals surface area (Å²) in [6, 6.07) is 7.89. The molecule has 0 spiro atoms. The highest BCUT2D eigenvalue weighted by molar-refractivity contribution is 7.99. The maximum Gasteiger partial charge on any atom is 0.223 e. The van der Waals surface area contributed by atoms with Crippen LogP contribution in [-0.2, 0) is 16.6 Å². The Kier molecular flexibility index (Phi) is 6.25. The molecule has 2 aromatic heterocycles. The predicted molar refractivity (Wildman–Crippen MR) is 138 cm³/mol. The van der Waals surface area contributed by atoms with Crippen molar-refractivity contribution >= 4 is 44.9 Å². The molecule has 0 amide bonds. The van der Waals surface area contributed by atoms with Gasteiger partial charge < -0.3 is 16.4 Å². The number of rotatable bonds is 5. The standard InChI is InChI=1S/C22H27N9O2S2/c1-14-26-20(28-22(24)27-14)17-9-15(12-29-5-7-30(8-6-29)35(2,32)33)11-25-21(17)31-13-34-19-10-16(23)3-4-18(19)31/h3-4,9-11H,5-8,12-13,23H2,1-2H3,(H2,24,26,27,28). The summed E-state index contributed by atoms with van der Waals surface area (Å²) < 4.78 is 25.2. The van der Waals surface area contributed by atoms with Crippen LogP contribution in [0.5, 0.6) is 0 Å². The van der Waals surface area contributed by atoms with Crippen LogP contribution in [0, 0.1) is 6.92 Å². The molecule has 0 saturated carbocycles. The lowest BCUT2D eigenvalue weighted by molar-refractivity contribution is 0.182. The third-order valence-electron chi connectivity index (χ3n) is 6.01. The Morgan fingerprint density at radius 2 is 1.83 bits per heavy atom. The molecule has 13 heteroatoms. The van der Waals surface area contributed by atoms with Crippen molar-refractivity contribution in [2.24, 2.45) is 0 Å². The summed E-state index contributed by atoms with van der Waals surface area (Å²) in [6.07, 6.45) is 3.11. The lowest BCUT2D eigenvalue weighted by atomic mass is 10.1. The molecule has 184 valence electrons. The van der Waals surface area contributed by atoms with Gasteiger partial charge in [0.2, 0.25) is 16.0 Å². The molecule has 2 aliphatic heterocycles. The van der Waals surface area contributed by atoms with Crippen molar-refractivity contribution in [3.05, 3.63) is 41.9 Å². The summed E-state index contributed by atoms with van der Waals surface area (Å²) >= 11 is 1.70. The molecule has 0 unspecified atom stereocenters. The number of thioether (sulfide) groups is 1. The smallest absolute Gasteiger partial charge is 0.223 e. The van der Waals surface area contributed by atoms with Gasteiger partial charge in [0.15, 0.2) is 5.82 Å². The molecule has 35 heavy (non-hydrogen) atoms. The van der Waals surface area contributed by atoms with Crippen LogP contribution in [0.1, 0.15) is 11.4 Å². The average Bonchev–Trinajstić information content (AvgIpc) is 3.21. The van der Waals surface area contributed by atoms with Gasteiger partial charge in [0.25, 0.3) is 0 Å². The van der Waals surface area contributed by atoms with E-state index in [4.69, 9.17) is 16.5 Å². The third kappa shape index (κ3) is 5.03. The Labute approximate surface area is 208 Å². The van der Waals surface area contributed by atoms with E-state index in [0.717, 1.165) is 33.2 Å². The van der Waals surface area contributed by atoms with Crippen molar-refractivity contribution in [3.8, 4) is 11.4 Å².